The quantitative estimate of drug-likeness (QED) is 0.574. The fraction of sp³-hybridized carbons (Fsp3) is 0.0625. The molecule has 0 fully saturated rings. The van der Waals surface area contributed by atoms with Crippen LogP contribution in [0.25, 0.3) is 22.8 Å². The Bertz CT molecular complexity index is 907. The van der Waals surface area contributed by atoms with Crippen LogP contribution in [0.1, 0.15) is 0 Å². The van der Waals surface area contributed by atoms with E-state index in [1.54, 1.807) is 42.5 Å². The molecule has 5 nitrogen and oxygen atoms in total. The summed E-state index contributed by atoms with van der Waals surface area (Å²) in [6, 6.07) is 11.9. The predicted molar refractivity (Wildman–Crippen MR) is 99.3 cm³/mol. The standard InChI is InChI=1S/C16H9Cl4N3O2/c17-10-5-2-6-11(18)12(10)16-22-14(23-25-16)8-3-1-4-9(7-8)21-15(24)13(19)20/h1-7,13H,(H,21,24). The number of nitrogens with one attached hydrogen (secondary N) is 1. The Morgan fingerprint density at radius 3 is 2.44 bits per heavy atom. The number of carbonyl (C=O) groups excluding carboxylic acids is 1. The Morgan fingerprint density at radius 2 is 1.76 bits per heavy atom. The van der Waals surface area contributed by atoms with Crippen molar-refractivity contribution in [3.8, 4) is 22.8 Å². The van der Waals surface area contributed by atoms with E-state index in [-0.39, 0.29) is 5.89 Å². The van der Waals surface area contributed by atoms with E-state index in [1.165, 1.54) is 0 Å². The number of alkyl halides is 2. The monoisotopic (exact) mass is 415 g/mol. The molecule has 2 aromatic carbocycles. The van der Waals surface area contributed by atoms with E-state index < -0.39 is 10.7 Å². The molecule has 1 N–H and O–H groups in total. The molecule has 3 rings (SSSR count). The summed E-state index contributed by atoms with van der Waals surface area (Å²) in [7, 11) is 0. The van der Waals surface area contributed by atoms with E-state index in [9.17, 15) is 4.79 Å². The Hall–Kier alpha value is -1.79. The normalized spacial score (nSPS) is 10.9. The molecule has 0 spiro atoms. The highest BCUT2D eigenvalue weighted by Crippen LogP contribution is 2.34. The minimum Gasteiger partial charge on any atom is -0.334 e. The van der Waals surface area contributed by atoms with E-state index in [4.69, 9.17) is 50.9 Å². The molecule has 3 aromatic rings. The lowest BCUT2D eigenvalue weighted by Crippen LogP contribution is -2.18. The highest BCUT2D eigenvalue weighted by atomic mass is 35.5. The Labute approximate surface area is 162 Å². The molecule has 0 saturated carbocycles. The van der Waals surface area contributed by atoms with Gasteiger partial charge in [0.2, 0.25) is 5.82 Å². The molecular formula is C16H9Cl4N3O2. The molecule has 25 heavy (non-hydrogen) atoms. The van der Waals surface area contributed by atoms with Crippen LogP contribution in [-0.4, -0.2) is 20.9 Å². The molecule has 9 heteroatoms. The second kappa shape index (κ2) is 7.62. The van der Waals surface area contributed by atoms with E-state index in [2.05, 4.69) is 15.5 Å². The lowest BCUT2D eigenvalue weighted by molar-refractivity contribution is -0.114. The summed E-state index contributed by atoms with van der Waals surface area (Å²) in [5.74, 6) is -0.0193. The second-order valence-corrected chi connectivity index (χ2v) is 6.80. The molecule has 0 aliphatic carbocycles. The summed E-state index contributed by atoms with van der Waals surface area (Å²) < 4.78 is 5.27. The Morgan fingerprint density at radius 1 is 1.08 bits per heavy atom. The fourth-order valence-corrected chi connectivity index (χ4v) is 2.75. The maximum absolute atomic E-state index is 11.6. The van der Waals surface area contributed by atoms with Crippen molar-refractivity contribution in [2.45, 2.75) is 4.84 Å². The van der Waals surface area contributed by atoms with Crippen LogP contribution < -0.4 is 5.32 Å². The summed E-state index contributed by atoms with van der Waals surface area (Å²) >= 11 is 23.3. The molecular weight excluding hydrogens is 408 g/mol. The smallest absolute Gasteiger partial charge is 0.261 e. The van der Waals surface area contributed by atoms with Crippen molar-refractivity contribution < 1.29 is 9.32 Å². The molecule has 0 bridgehead atoms. The van der Waals surface area contributed by atoms with Crippen LogP contribution in [-0.2, 0) is 4.79 Å². The fourth-order valence-electron chi connectivity index (χ4n) is 2.08. The minimum absolute atomic E-state index is 0.196. The van der Waals surface area contributed by atoms with Crippen molar-refractivity contribution in [1.29, 1.82) is 0 Å². The number of nitrogens with zero attached hydrogens (tertiary/aromatic N) is 2. The zero-order valence-corrected chi connectivity index (χ0v) is 15.4. The Kier molecular flexibility index (Phi) is 5.49. The summed E-state index contributed by atoms with van der Waals surface area (Å²) in [6.45, 7) is 0. The first-order valence-electron chi connectivity index (χ1n) is 6.93. The van der Waals surface area contributed by atoms with Crippen LogP contribution in [0, 0.1) is 0 Å². The van der Waals surface area contributed by atoms with Crippen molar-refractivity contribution in [3.05, 3.63) is 52.5 Å². The molecule has 0 aliphatic rings. The summed E-state index contributed by atoms with van der Waals surface area (Å²) in [4.78, 5) is 14.7. The van der Waals surface area contributed by atoms with Gasteiger partial charge in [-0.2, -0.15) is 4.98 Å². The summed E-state index contributed by atoms with van der Waals surface area (Å²) in [6.07, 6.45) is 0. The zero-order valence-electron chi connectivity index (χ0n) is 12.3. The van der Waals surface area contributed by atoms with Crippen LogP contribution in [0.2, 0.25) is 10.0 Å². The number of hydrogen-bond acceptors (Lipinski definition) is 4. The van der Waals surface area contributed by atoms with Gasteiger partial charge < -0.3 is 9.84 Å². The van der Waals surface area contributed by atoms with Gasteiger partial charge in [0.25, 0.3) is 11.8 Å². The van der Waals surface area contributed by atoms with Gasteiger partial charge >= 0.3 is 0 Å². The number of carbonyl (C=O) groups is 1. The SMILES string of the molecule is O=C(Nc1cccc(-c2noc(-c3c(Cl)cccc3Cl)n2)c1)C(Cl)Cl. The predicted octanol–water partition coefficient (Wildman–Crippen LogP) is 5.45. The van der Waals surface area contributed by atoms with Crippen molar-refractivity contribution in [1.82, 2.24) is 10.1 Å². The third-order valence-electron chi connectivity index (χ3n) is 3.19. The van der Waals surface area contributed by atoms with Crippen LogP contribution in [0.15, 0.2) is 47.0 Å². The Balaban J connectivity index is 1.92. The number of aromatic nitrogens is 2. The lowest BCUT2D eigenvalue weighted by atomic mass is 10.2. The van der Waals surface area contributed by atoms with Crippen molar-refractivity contribution >= 4 is 58.0 Å². The molecule has 0 aliphatic heterocycles. The number of benzene rings is 2. The zero-order chi connectivity index (χ0) is 18.0. The van der Waals surface area contributed by atoms with Gasteiger partial charge in [-0.1, -0.05) is 69.8 Å². The average Bonchev–Trinajstić information content (AvgIpc) is 3.04. The molecule has 0 radical (unpaired) electrons. The highest BCUT2D eigenvalue weighted by Gasteiger charge is 2.17. The number of anilines is 1. The van der Waals surface area contributed by atoms with Gasteiger partial charge in [-0.3, -0.25) is 4.79 Å². The number of amides is 1. The van der Waals surface area contributed by atoms with E-state index >= 15 is 0 Å². The van der Waals surface area contributed by atoms with Crippen LogP contribution >= 0.6 is 46.4 Å². The molecule has 0 saturated heterocycles. The maximum Gasteiger partial charge on any atom is 0.261 e. The van der Waals surface area contributed by atoms with Gasteiger partial charge in [0, 0.05) is 11.3 Å². The van der Waals surface area contributed by atoms with E-state index in [0.29, 0.717) is 32.7 Å². The molecule has 0 atom stereocenters. The molecule has 128 valence electrons. The van der Waals surface area contributed by atoms with Gasteiger partial charge in [-0.25, -0.2) is 0 Å². The second-order valence-electron chi connectivity index (χ2n) is 4.89. The summed E-state index contributed by atoms with van der Waals surface area (Å²) in [5, 5.41) is 7.31. The molecule has 0 unspecified atom stereocenters. The average molecular weight is 417 g/mol. The van der Waals surface area contributed by atoms with Crippen LogP contribution in [0.3, 0.4) is 0 Å². The van der Waals surface area contributed by atoms with Crippen LogP contribution in [0.4, 0.5) is 5.69 Å². The van der Waals surface area contributed by atoms with Gasteiger partial charge in [0.05, 0.1) is 15.6 Å². The third-order valence-corrected chi connectivity index (χ3v) is 4.22. The van der Waals surface area contributed by atoms with Gasteiger partial charge in [-0.05, 0) is 24.3 Å². The minimum atomic E-state index is -1.16. The largest absolute Gasteiger partial charge is 0.334 e. The maximum atomic E-state index is 11.6. The van der Waals surface area contributed by atoms with E-state index in [0.717, 1.165) is 0 Å². The van der Waals surface area contributed by atoms with Gasteiger partial charge in [0.15, 0.2) is 4.84 Å². The molecule has 1 amide bonds. The van der Waals surface area contributed by atoms with E-state index in [1.807, 2.05) is 0 Å². The molecule has 1 aromatic heterocycles. The van der Waals surface area contributed by atoms with Crippen LogP contribution in [0.5, 0.6) is 0 Å². The van der Waals surface area contributed by atoms with Gasteiger partial charge in [0.1, 0.15) is 0 Å². The van der Waals surface area contributed by atoms with Crippen molar-refractivity contribution in [2.24, 2.45) is 0 Å². The molecule has 1 heterocycles. The first-order chi connectivity index (χ1) is 12.0. The first-order valence-corrected chi connectivity index (χ1v) is 8.56. The number of hydrogen-bond donors (Lipinski definition) is 1. The van der Waals surface area contributed by atoms with Gasteiger partial charge in [-0.15, -0.1) is 0 Å². The number of halogens is 4. The van der Waals surface area contributed by atoms with Crippen molar-refractivity contribution in [2.75, 3.05) is 5.32 Å². The summed E-state index contributed by atoms with van der Waals surface area (Å²) in [5.41, 5.74) is 1.58. The lowest BCUT2D eigenvalue weighted by Gasteiger charge is -2.06. The third kappa shape index (κ3) is 4.07. The first kappa shape index (κ1) is 18.0. The number of rotatable bonds is 4. The topological polar surface area (TPSA) is 68.0 Å². The highest BCUT2D eigenvalue weighted by molar-refractivity contribution is 6.54. The van der Waals surface area contributed by atoms with Crippen molar-refractivity contribution in [3.63, 3.8) is 0 Å².